The maximum atomic E-state index is 13.0. The van der Waals surface area contributed by atoms with E-state index in [2.05, 4.69) is 55.4 Å². The first-order valence-electron chi connectivity index (χ1n) is 37.7. The van der Waals surface area contributed by atoms with Crippen LogP contribution < -0.4 is 0 Å². The van der Waals surface area contributed by atoms with Crippen molar-refractivity contribution in [2.24, 2.45) is 23.7 Å². The maximum Gasteiger partial charge on any atom is 0.472 e. The van der Waals surface area contributed by atoms with E-state index in [-0.39, 0.29) is 25.7 Å². The minimum Gasteiger partial charge on any atom is -0.462 e. The number of phosphoric acid groups is 2. The van der Waals surface area contributed by atoms with Crippen molar-refractivity contribution in [1.29, 1.82) is 0 Å². The van der Waals surface area contributed by atoms with Gasteiger partial charge in [-0.15, -0.1) is 0 Å². The minimum atomic E-state index is -4.95. The van der Waals surface area contributed by atoms with Gasteiger partial charge in [0.05, 0.1) is 26.4 Å². The molecule has 17 nitrogen and oxygen atoms in total. The van der Waals surface area contributed by atoms with Gasteiger partial charge in [0.15, 0.2) is 12.2 Å². The highest BCUT2D eigenvalue weighted by Crippen LogP contribution is 2.45. The van der Waals surface area contributed by atoms with E-state index < -0.39 is 97.5 Å². The predicted octanol–water partition coefficient (Wildman–Crippen LogP) is 20.9. The molecule has 0 aliphatic heterocycles. The van der Waals surface area contributed by atoms with Crippen LogP contribution >= 0.6 is 15.6 Å². The van der Waals surface area contributed by atoms with E-state index in [9.17, 15) is 43.2 Å². The number of esters is 4. The van der Waals surface area contributed by atoms with Crippen LogP contribution in [0.1, 0.15) is 364 Å². The van der Waals surface area contributed by atoms with Crippen molar-refractivity contribution in [2.45, 2.75) is 382 Å². The lowest BCUT2D eigenvalue weighted by molar-refractivity contribution is -0.161. The molecule has 546 valence electrons. The molecule has 0 saturated heterocycles. The molecule has 0 rings (SSSR count). The SMILES string of the molecule is CC(C)CCCCCCCCCCCCCCCCC(=O)O[C@H](COC(=O)CCCCCCCCCCC(C)C)COP(=O)(O)OC[C@@H](O)COP(=O)(O)OC[C@@H](COC(=O)CCCCCCCCC(C)C)OC(=O)CCCCCCCCCCCCCCC(C)C. The van der Waals surface area contributed by atoms with Crippen LogP contribution in [0.3, 0.4) is 0 Å². The zero-order valence-corrected chi connectivity index (χ0v) is 62.0. The Morgan fingerprint density at radius 3 is 0.674 bits per heavy atom. The molecule has 92 heavy (non-hydrogen) atoms. The molecule has 5 atom stereocenters. The molecule has 0 aromatic carbocycles. The Labute approximate surface area is 562 Å². The molecule has 0 saturated carbocycles. The smallest absolute Gasteiger partial charge is 0.462 e. The number of unbranched alkanes of at least 4 members (excludes halogenated alkanes) is 36. The van der Waals surface area contributed by atoms with Crippen LogP contribution in [-0.4, -0.2) is 96.7 Å². The lowest BCUT2D eigenvalue weighted by atomic mass is 10.0. The van der Waals surface area contributed by atoms with Crippen LogP contribution in [0, 0.1) is 23.7 Å². The molecule has 3 N–H and O–H groups in total. The molecule has 0 bridgehead atoms. The van der Waals surface area contributed by atoms with Gasteiger partial charge in [-0.3, -0.25) is 37.3 Å². The van der Waals surface area contributed by atoms with E-state index in [4.69, 9.17) is 37.0 Å². The van der Waals surface area contributed by atoms with Crippen molar-refractivity contribution in [3.05, 3.63) is 0 Å². The summed E-state index contributed by atoms with van der Waals surface area (Å²) in [5.74, 6) is 0.851. The summed E-state index contributed by atoms with van der Waals surface area (Å²) in [6.45, 7) is 14.1. The van der Waals surface area contributed by atoms with Gasteiger partial charge in [0.1, 0.15) is 19.3 Å². The normalized spacial score (nSPS) is 14.2. The van der Waals surface area contributed by atoms with Gasteiger partial charge >= 0.3 is 39.5 Å². The van der Waals surface area contributed by atoms with E-state index in [1.165, 1.54) is 161 Å². The maximum absolute atomic E-state index is 13.0. The van der Waals surface area contributed by atoms with Crippen molar-refractivity contribution >= 4 is 39.5 Å². The second kappa shape index (κ2) is 62.6. The summed E-state index contributed by atoms with van der Waals surface area (Å²) < 4.78 is 68.4. The van der Waals surface area contributed by atoms with E-state index in [1.807, 2.05) is 0 Å². The van der Waals surface area contributed by atoms with Crippen LogP contribution in [0.4, 0.5) is 0 Å². The van der Waals surface area contributed by atoms with Crippen molar-refractivity contribution < 1.29 is 80.2 Å². The van der Waals surface area contributed by atoms with Crippen LogP contribution in [0.15, 0.2) is 0 Å². The summed E-state index contributed by atoms with van der Waals surface area (Å²) >= 11 is 0. The molecular formula is C73H142O17P2. The Morgan fingerprint density at radius 2 is 0.457 bits per heavy atom. The Balaban J connectivity index is 5.23. The summed E-state index contributed by atoms with van der Waals surface area (Å²) in [5, 5.41) is 10.6. The number of aliphatic hydroxyl groups is 1. The van der Waals surface area contributed by atoms with Crippen molar-refractivity contribution in [1.82, 2.24) is 0 Å². The third-order valence-electron chi connectivity index (χ3n) is 16.8. The third-order valence-corrected chi connectivity index (χ3v) is 18.7. The molecule has 0 aromatic rings. The van der Waals surface area contributed by atoms with Gasteiger partial charge in [-0.2, -0.15) is 0 Å². The molecule has 0 radical (unpaired) electrons. The van der Waals surface area contributed by atoms with Crippen molar-refractivity contribution in [3.8, 4) is 0 Å². The van der Waals surface area contributed by atoms with Crippen LogP contribution in [0.2, 0.25) is 0 Å². The number of carbonyl (C=O) groups excluding carboxylic acids is 4. The van der Waals surface area contributed by atoms with Gasteiger partial charge < -0.3 is 33.8 Å². The topological polar surface area (TPSA) is 237 Å². The quantitative estimate of drug-likeness (QED) is 0.0222. The zero-order valence-electron chi connectivity index (χ0n) is 60.2. The second-order valence-electron chi connectivity index (χ2n) is 28.2. The van der Waals surface area contributed by atoms with E-state index in [1.54, 1.807) is 0 Å². The first kappa shape index (κ1) is 90.1. The zero-order chi connectivity index (χ0) is 68.2. The molecule has 0 aliphatic rings. The van der Waals surface area contributed by atoms with Gasteiger partial charge in [0.25, 0.3) is 0 Å². The number of aliphatic hydroxyl groups excluding tert-OH is 1. The fraction of sp³-hybridized carbons (Fsp3) is 0.945. The fourth-order valence-electron chi connectivity index (χ4n) is 11.0. The number of hydrogen-bond acceptors (Lipinski definition) is 15. The monoisotopic (exact) mass is 1350 g/mol. The minimum absolute atomic E-state index is 0.105. The standard InChI is InChI=1S/C73H142O17P2/c1-63(2)49-41-33-25-19-15-11-9-10-12-17-21-29-39-47-55-72(77)89-68(59-83-70(75)53-45-37-28-24-23-27-35-43-51-65(5)6)61-87-91(79,80)85-57-67(74)58-86-92(81,82)88-62-69(60-84-71(76)54-46-38-32-31-36-44-52-66(7)8)90-73(78)56-48-40-30-22-18-14-13-16-20-26-34-42-50-64(3)4/h63-69,74H,9-62H2,1-8H3,(H,79,80)(H,81,82)/t67-,68-,69-/m1/s1. The lowest BCUT2D eigenvalue weighted by Gasteiger charge is -2.21. The number of carbonyl (C=O) groups is 4. The molecule has 0 amide bonds. The summed E-state index contributed by atoms with van der Waals surface area (Å²) in [6.07, 6.45) is 46.0. The van der Waals surface area contributed by atoms with Gasteiger partial charge in [0.2, 0.25) is 0 Å². The van der Waals surface area contributed by atoms with Crippen molar-refractivity contribution in [3.63, 3.8) is 0 Å². The third kappa shape index (κ3) is 66.7. The molecule has 0 fully saturated rings. The highest BCUT2D eigenvalue weighted by molar-refractivity contribution is 7.47. The number of hydrogen-bond donors (Lipinski definition) is 3. The molecule has 0 heterocycles. The van der Waals surface area contributed by atoms with Crippen LogP contribution in [0.25, 0.3) is 0 Å². The Kier molecular flexibility index (Phi) is 61.3. The van der Waals surface area contributed by atoms with Crippen LogP contribution in [-0.2, 0) is 65.4 Å². The van der Waals surface area contributed by atoms with Gasteiger partial charge in [-0.1, -0.05) is 312 Å². The average molecular weight is 1350 g/mol. The molecule has 19 heteroatoms. The van der Waals surface area contributed by atoms with Gasteiger partial charge in [0, 0.05) is 25.7 Å². The lowest BCUT2D eigenvalue weighted by Crippen LogP contribution is -2.30. The fourth-order valence-corrected chi connectivity index (χ4v) is 12.6. The van der Waals surface area contributed by atoms with Gasteiger partial charge in [-0.05, 0) is 49.4 Å². The average Bonchev–Trinajstić information content (AvgIpc) is 2.62. The van der Waals surface area contributed by atoms with Crippen LogP contribution in [0.5, 0.6) is 0 Å². The van der Waals surface area contributed by atoms with E-state index in [0.29, 0.717) is 31.6 Å². The highest BCUT2D eigenvalue weighted by atomic mass is 31.2. The van der Waals surface area contributed by atoms with E-state index >= 15 is 0 Å². The Hall–Kier alpha value is -1.94. The molecular weight excluding hydrogens is 1210 g/mol. The second-order valence-corrected chi connectivity index (χ2v) is 31.1. The summed E-state index contributed by atoms with van der Waals surface area (Å²) in [5.41, 5.74) is 0. The number of ether oxygens (including phenoxy) is 4. The summed E-state index contributed by atoms with van der Waals surface area (Å²) in [6, 6.07) is 0. The summed E-state index contributed by atoms with van der Waals surface area (Å²) in [4.78, 5) is 72.6. The Bertz CT molecular complexity index is 1820. The Morgan fingerprint density at radius 1 is 0.272 bits per heavy atom. The first-order valence-corrected chi connectivity index (χ1v) is 40.7. The first-order chi connectivity index (χ1) is 44.1. The highest BCUT2D eigenvalue weighted by Gasteiger charge is 2.30. The predicted molar refractivity (Wildman–Crippen MR) is 372 cm³/mol. The molecule has 0 aromatic heterocycles. The molecule has 2 unspecified atom stereocenters. The largest absolute Gasteiger partial charge is 0.472 e. The number of phosphoric ester groups is 2. The molecule has 0 spiro atoms. The van der Waals surface area contributed by atoms with E-state index in [0.717, 1.165) is 114 Å². The van der Waals surface area contributed by atoms with Crippen molar-refractivity contribution in [2.75, 3.05) is 39.6 Å². The number of rotatable bonds is 70. The summed E-state index contributed by atoms with van der Waals surface area (Å²) in [7, 11) is -9.91. The van der Waals surface area contributed by atoms with Gasteiger partial charge in [-0.25, -0.2) is 9.13 Å². The molecule has 0 aliphatic carbocycles.